The second kappa shape index (κ2) is 6.56. The van der Waals surface area contributed by atoms with Crippen LogP contribution in [0.1, 0.15) is 23.0 Å². The van der Waals surface area contributed by atoms with Crippen LogP contribution >= 0.6 is 11.5 Å². The van der Waals surface area contributed by atoms with Crippen molar-refractivity contribution in [2.75, 3.05) is 39.1 Å². The molecule has 0 amide bonds. The van der Waals surface area contributed by atoms with Crippen molar-refractivity contribution >= 4 is 22.5 Å². The maximum atomic E-state index is 11.7. The number of carbonyl (C=O) groups excluding carboxylic acids is 1. The molecule has 0 aliphatic rings. The molecule has 0 spiro atoms. The third-order valence-corrected chi connectivity index (χ3v) is 3.08. The van der Waals surface area contributed by atoms with Crippen molar-refractivity contribution in [3.63, 3.8) is 0 Å². The summed E-state index contributed by atoms with van der Waals surface area (Å²) >= 11 is 1.30. The van der Waals surface area contributed by atoms with Crippen LogP contribution < -0.4 is 5.32 Å². The van der Waals surface area contributed by atoms with E-state index in [-0.39, 0.29) is 5.97 Å². The Morgan fingerprint density at radius 1 is 1.53 bits per heavy atom. The average Bonchev–Trinajstić information content (AvgIpc) is 2.60. The first-order valence-corrected chi connectivity index (χ1v) is 6.35. The summed E-state index contributed by atoms with van der Waals surface area (Å²) in [5, 5.41) is 4.01. The quantitative estimate of drug-likeness (QED) is 0.785. The summed E-state index contributed by atoms with van der Waals surface area (Å²) in [4.78, 5) is 13.8. The molecule has 6 heteroatoms. The molecule has 0 saturated carbocycles. The molecular formula is C11H19N3O2S. The number of ether oxygens (including phenoxy) is 1. The van der Waals surface area contributed by atoms with Gasteiger partial charge < -0.3 is 15.0 Å². The molecule has 1 N–H and O–H groups in total. The first kappa shape index (κ1) is 13.9. The summed E-state index contributed by atoms with van der Waals surface area (Å²) in [6.07, 6.45) is 0. The summed E-state index contributed by atoms with van der Waals surface area (Å²) in [7, 11) is 4.01. The van der Waals surface area contributed by atoms with E-state index in [1.54, 1.807) is 6.92 Å². The van der Waals surface area contributed by atoms with Crippen LogP contribution in [0.2, 0.25) is 0 Å². The molecule has 5 nitrogen and oxygen atoms in total. The molecule has 0 saturated heterocycles. The number of aromatic nitrogens is 1. The average molecular weight is 257 g/mol. The molecule has 17 heavy (non-hydrogen) atoms. The lowest BCUT2D eigenvalue weighted by Gasteiger charge is -2.11. The monoisotopic (exact) mass is 257 g/mol. The number of hydrogen-bond acceptors (Lipinski definition) is 6. The number of anilines is 1. The highest BCUT2D eigenvalue weighted by Gasteiger charge is 2.19. The van der Waals surface area contributed by atoms with Crippen molar-refractivity contribution < 1.29 is 9.53 Å². The van der Waals surface area contributed by atoms with Gasteiger partial charge in [0.1, 0.15) is 10.6 Å². The Labute approximate surface area is 106 Å². The smallest absolute Gasteiger partial charge is 0.343 e. The molecule has 0 aliphatic heterocycles. The summed E-state index contributed by atoms with van der Waals surface area (Å²) in [5.41, 5.74) is 1.29. The highest BCUT2D eigenvalue weighted by molar-refractivity contribution is 7.10. The van der Waals surface area contributed by atoms with Gasteiger partial charge in [-0.3, -0.25) is 0 Å². The van der Waals surface area contributed by atoms with Crippen molar-refractivity contribution in [3.05, 3.63) is 11.3 Å². The Morgan fingerprint density at radius 3 is 2.82 bits per heavy atom. The van der Waals surface area contributed by atoms with E-state index < -0.39 is 0 Å². The molecule has 1 rings (SSSR count). The van der Waals surface area contributed by atoms with Gasteiger partial charge in [-0.25, -0.2) is 4.79 Å². The molecule has 0 bridgehead atoms. The van der Waals surface area contributed by atoms with Crippen molar-refractivity contribution in [1.82, 2.24) is 9.27 Å². The minimum Gasteiger partial charge on any atom is -0.462 e. The van der Waals surface area contributed by atoms with Gasteiger partial charge in [-0.05, 0) is 39.5 Å². The fourth-order valence-electron chi connectivity index (χ4n) is 1.33. The van der Waals surface area contributed by atoms with Crippen LogP contribution in [0.4, 0.5) is 5.00 Å². The number of carbonyl (C=O) groups is 1. The van der Waals surface area contributed by atoms with Crippen molar-refractivity contribution in [2.45, 2.75) is 13.8 Å². The highest BCUT2D eigenvalue weighted by atomic mass is 32.1. The van der Waals surface area contributed by atoms with Crippen LogP contribution in [0.25, 0.3) is 0 Å². The lowest BCUT2D eigenvalue weighted by molar-refractivity contribution is 0.0527. The molecule has 0 radical (unpaired) electrons. The summed E-state index contributed by atoms with van der Waals surface area (Å²) in [5.74, 6) is -0.300. The predicted octanol–water partition coefficient (Wildman–Crippen LogP) is 1.60. The molecule has 0 unspecified atom stereocenters. The minimum atomic E-state index is -0.300. The van der Waals surface area contributed by atoms with Crippen LogP contribution in [-0.4, -0.2) is 49.0 Å². The summed E-state index contributed by atoms with van der Waals surface area (Å²) in [6, 6.07) is 0. The normalized spacial score (nSPS) is 10.6. The Balaban J connectivity index is 2.69. The maximum absolute atomic E-state index is 11.7. The van der Waals surface area contributed by atoms with Crippen molar-refractivity contribution in [1.29, 1.82) is 0 Å². The number of aryl methyl sites for hydroxylation is 1. The van der Waals surface area contributed by atoms with Gasteiger partial charge in [0.25, 0.3) is 0 Å². The largest absolute Gasteiger partial charge is 0.462 e. The Bertz CT molecular complexity index is 377. The van der Waals surface area contributed by atoms with Gasteiger partial charge >= 0.3 is 5.97 Å². The SMILES string of the molecule is CCOC(=O)c1c(C)nsc1NCCN(C)C. The van der Waals surface area contributed by atoms with E-state index in [9.17, 15) is 4.79 Å². The molecule has 0 fully saturated rings. The number of esters is 1. The molecule has 1 aromatic rings. The second-order valence-corrected chi connectivity index (χ2v) is 4.70. The van der Waals surface area contributed by atoms with Gasteiger partial charge in [0.2, 0.25) is 0 Å². The van der Waals surface area contributed by atoms with Gasteiger partial charge in [-0.1, -0.05) is 0 Å². The molecule has 0 aromatic carbocycles. The number of nitrogens with zero attached hydrogens (tertiary/aromatic N) is 2. The number of nitrogens with one attached hydrogen (secondary N) is 1. The van der Waals surface area contributed by atoms with E-state index in [4.69, 9.17) is 4.74 Å². The van der Waals surface area contributed by atoms with Crippen LogP contribution in [0.3, 0.4) is 0 Å². The number of rotatable bonds is 6. The van der Waals surface area contributed by atoms with Gasteiger partial charge in [-0.2, -0.15) is 4.37 Å². The van der Waals surface area contributed by atoms with E-state index in [1.807, 2.05) is 21.0 Å². The zero-order valence-corrected chi connectivity index (χ0v) is 11.6. The van der Waals surface area contributed by atoms with Gasteiger partial charge in [-0.15, -0.1) is 0 Å². The number of hydrogen-bond donors (Lipinski definition) is 1. The molecule has 1 aromatic heterocycles. The van der Waals surface area contributed by atoms with Gasteiger partial charge in [0.05, 0.1) is 12.3 Å². The first-order valence-electron chi connectivity index (χ1n) is 5.58. The van der Waals surface area contributed by atoms with E-state index in [2.05, 4.69) is 14.6 Å². The Kier molecular flexibility index (Phi) is 5.37. The zero-order valence-electron chi connectivity index (χ0n) is 10.7. The molecule has 0 atom stereocenters. The molecular weight excluding hydrogens is 238 g/mol. The van der Waals surface area contributed by atoms with Gasteiger partial charge in [0, 0.05) is 13.1 Å². The Morgan fingerprint density at radius 2 is 2.24 bits per heavy atom. The minimum absolute atomic E-state index is 0.300. The standard InChI is InChI=1S/C11H19N3O2S/c1-5-16-11(15)9-8(2)13-17-10(9)12-6-7-14(3)4/h12H,5-7H2,1-4H3. The zero-order chi connectivity index (χ0) is 12.8. The lowest BCUT2D eigenvalue weighted by Crippen LogP contribution is -2.21. The molecule has 96 valence electrons. The topological polar surface area (TPSA) is 54.5 Å². The fourth-order valence-corrected chi connectivity index (χ4v) is 2.14. The third kappa shape index (κ3) is 3.98. The van der Waals surface area contributed by atoms with E-state index in [1.165, 1.54) is 11.5 Å². The van der Waals surface area contributed by atoms with E-state index in [0.29, 0.717) is 12.2 Å². The summed E-state index contributed by atoms with van der Waals surface area (Å²) < 4.78 is 9.19. The summed E-state index contributed by atoms with van der Waals surface area (Å²) in [6.45, 7) is 5.68. The lowest BCUT2D eigenvalue weighted by atomic mass is 10.2. The van der Waals surface area contributed by atoms with Gasteiger partial charge in [0.15, 0.2) is 0 Å². The number of likely N-dealkylation sites (N-methyl/N-ethyl adjacent to an activating group) is 1. The fraction of sp³-hybridized carbons (Fsp3) is 0.636. The van der Waals surface area contributed by atoms with Crippen LogP contribution in [0.15, 0.2) is 0 Å². The van der Waals surface area contributed by atoms with E-state index >= 15 is 0 Å². The third-order valence-electron chi connectivity index (χ3n) is 2.19. The van der Waals surface area contributed by atoms with E-state index in [0.717, 1.165) is 23.8 Å². The molecule has 0 aliphatic carbocycles. The molecule has 1 heterocycles. The highest BCUT2D eigenvalue weighted by Crippen LogP contribution is 2.24. The Hall–Kier alpha value is -1.14. The maximum Gasteiger partial charge on any atom is 0.343 e. The van der Waals surface area contributed by atoms with Crippen molar-refractivity contribution in [2.24, 2.45) is 0 Å². The van der Waals surface area contributed by atoms with Crippen LogP contribution in [0.5, 0.6) is 0 Å². The first-order chi connectivity index (χ1) is 8.06. The van der Waals surface area contributed by atoms with Crippen molar-refractivity contribution in [3.8, 4) is 0 Å². The second-order valence-electron chi connectivity index (χ2n) is 3.92. The van der Waals surface area contributed by atoms with Crippen LogP contribution in [0, 0.1) is 6.92 Å². The predicted molar refractivity (Wildman–Crippen MR) is 69.9 cm³/mol. The van der Waals surface area contributed by atoms with Crippen LogP contribution in [-0.2, 0) is 4.74 Å².